The van der Waals surface area contributed by atoms with Crippen molar-refractivity contribution in [3.05, 3.63) is 35.4 Å². The second-order valence-electron chi connectivity index (χ2n) is 8.90. The molecule has 2 aromatic carbocycles. The molecule has 198 valence electrons. The molecule has 0 saturated heterocycles. The zero-order valence-corrected chi connectivity index (χ0v) is 23.7. The maximum absolute atomic E-state index is 10.2. The van der Waals surface area contributed by atoms with Gasteiger partial charge >= 0.3 is 0 Å². The summed E-state index contributed by atoms with van der Waals surface area (Å²) in [4.78, 5) is 8.66. The molecule has 0 atom stereocenters. The van der Waals surface area contributed by atoms with Crippen LogP contribution in [-0.2, 0) is 0 Å². The summed E-state index contributed by atoms with van der Waals surface area (Å²) < 4.78 is 12.6. The van der Waals surface area contributed by atoms with Gasteiger partial charge in [0.25, 0.3) is 0 Å². The third kappa shape index (κ3) is 6.51. The minimum atomic E-state index is 0.245. The highest BCUT2D eigenvalue weighted by Crippen LogP contribution is 2.57. The minimum Gasteiger partial charge on any atom is -0.491 e. The van der Waals surface area contributed by atoms with Gasteiger partial charge in [-0.2, -0.15) is 10.5 Å². The van der Waals surface area contributed by atoms with Gasteiger partial charge in [-0.1, -0.05) is 51.6 Å². The van der Waals surface area contributed by atoms with E-state index in [1.807, 2.05) is 19.2 Å². The van der Waals surface area contributed by atoms with Crippen LogP contribution >= 0.6 is 11.8 Å². The predicted molar refractivity (Wildman–Crippen MR) is 150 cm³/mol. The SMILES string of the molecule is CCN(CC)CCCOc1c(C#N)c(C#N)c(OCCCN(CC)CC)c2c1Sc1ccccc1N2C. The van der Waals surface area contributed by atoms with E-state index in [1.165, 1.54) is 0 Å². The quantitative estimate of drug-likeness (QED) is 0.285. The molecule has 0 spiro atoms. The lowest BCUT2D eigenvalue weighted by Crippen LogP contribution is -2.25. The fourth-order valence-corrected chi connectivity index (χ4v) is 5.87. The van der Waals surface area contributed by atoms with Crippen LogP contribution in [0.5, 0.6) is 11.5 Å². The van der Waals surface area contributed by atoms with Crippen LogP contribution in [0.1, 0.15) is 51.7 Å². The lowest BCUT2D eigenvalue weighted by molar-refractivity contribution is 0.242. The molecular weight excluding hydrogens is 482 g/mol. The molecule has 2 aromatic rings. The molecule has 3 rings (SSSR count). The molecule has 0 amide bonds. The smallest absolute Gasteiger partial charge is 0.163 e. The Bertz CT molecular complexity index is 1130. The molecule has 1 aliphatic heterocycles. The van der Waals surface area contributed by atoms with E-state index in [1.54, 1.807) is 11.8 Å². The molecule has 37 heavy (non-hydrogen) atoms. The van der Waals surface area contributed by atoms with Gasteiger partial charge in [0, 0.05) is 25.0 Å². The van der Waals surface area contributed by atoms with Gasteiger partial charge in [-0.05, 0) is 51.2 Å². The molecule has 0 aliphatic carbocycles. The van der Waals surface area contributed by atoms with Crippen LogP contribution in [0.3, 0.4) is 0 Å². The van der Waals surface area contributed by atoms with E-state index >= 15 is 0 Å². The molecule has 0 bridgehead atoms. The van der Waals surface area contributed by atoms with Crippen LogP contribution in [0.2, 0.25) is 0 Å². The summed E-state index contributed by atoms with van der Waals surface area (Å²) in [6.45, 7) is 15.3. The van der Waals surface area contributed by atoms with Gasteiger partial charge in [-0.3, -0.25) is 0 Å². The zero-order chi connectivity index (χ0) is 26.8. The minimum absolute atomic E-state index is 0.245. The third-order valence-electron chi connectivity index (χ3n) is 6.86. The molecule has 0 saturated carbocycles. The fraction of sp³-hybridized carbons (Fsp3) is 0.517. The number of ether oxygens (including phenoxy) is 2. The van der Waals surface area contributed by atoms with Crippen molar-refractivity contribution >= 4 is 23.1 Å². The molecule has 0 aromatic heterocycles. The number of hydrogen-bond acceptors (Lipinski definition) is 8. The molecule has 0 fully saturated rings. The number of anilines is 2. The van der Waals surface area contributed by atoms with Crippen LogP contribution in [0, 0.1) is 22.7 Å². The molecule has 0 N–H and O–H groups in total. The first-order valence-electron chi connectivity index (χ1n) is 13.3. The lowest BCUT2D eigenvalue weighted by atomic mass is 10.0. The van der Waals surface area contributed by atoms with E-state index in [-0.39, 0.29) is 11.1 Å². The monoisotopic (exact) mass is 521 g/mol. The number of rotatable bonds is 14. The molecule has 0 radical (unpaired) electrons. The average Bonchev–Trinajstić information content (AvgIpc) is 2.93. The standard InChI is InChI=1S/C29H39N5O2S/c1-6-33(7-2)16-12-18-35-27-22(20-30)23(21-31)28(36-19-13-17-34(8-3)9-4)29-26(27)32(5)24-14-10-11-15-25(24)37-29/h10-11,14-15H,6-9,12-13,16-19H2,1-5H3. The Morgan fingerprint density at radius 3 is 1.86 bits per heavy atom. The first-order valence-corrected chi connectivity index (χ1v) is 14.1. The summed E-state index contributed by atoms with van der Waals surface area (Å²) in [5.74, 6) is 0.948. The van der Waals surface area contributed by atoms with Crippen molar-refractivity contribution in [2.45, 2.75) is 50.3 Å². The van der Waals surface area contributed by atoms with Crippen LogP contribution in [0.15, 0.2) is 34.1 Å². The van der Waals surface area contributed by atoms with Crippen LogP contribution in [0.4, 0.5) is 11.4 Å². The Morgan fingerprint density at radius 1 is 0.811 bits per heavy atom. The average molecular weight is 522 g/mol. The van der Waals surface area contributed by atoms with E-state index in [9.17, 15) is 10.5 Å². The highest BCUT2D eigenvalue weighted by molar-refractivity contribution is 7.99. The van der Waals surface area contributed by atoms with Crippen molar-refractivity contribution in [1.29, 1.82) is 10.5 Å². The second-order valence-corrected chi connectivity index (χ2v) is 9.95. The van der Waals surface area contributed by atoms with Gasteiger partial charge in [-0.25, -0.2) is 0 Å². The van der Waals surface area contributed by atoms with Crippen LogP contribution in [0.25, 0.3) is 0 Å². The Hall–Kier alpha value is -2.91. The summed E-state index contributed by atoms with van der Waals surface area (Å²) in [5.41, 5.74) is 2.33. The molecule has 1 heterocycles. The first-order chi connectivity index (χ1) is 18.0. The molecule has 7 nitrogen and oxygen atoms in total. The number of fused-ring (bicyclic) bond motifs is 2. The van der Waals surface area contributed by atoms with Crippen molar-refractivity contribution < 1.29 is 9.47 Å². The second kappa shape index (κ2) is 14.1. The number of para-hydroxylation sites is 1. The summed E-state index contributed by atoms with van der Waals surface area (Å²) in [7, 11) is 1.98. The lowest BCUT2D eigenvalue weighted by Gasteiger charge is -2.33. The van der Waals surface area contributed by atoms with Gasteiger partial charge in [0.05, 0.1) is 23.8 Å². The summed E-state index contributed by atoms with van der Waals surface area (Å²) >= 11 is 1.57. The summed E-state index contributed by atoms with van der Waals surface area (Å²) in [5, 5.41) is 20.4. The topological polar surface area (TPSA) is 75.8 Å². The van der Waals surface area contributed by atoms with Crippen LogP contribution in [-0.4, -0.2) is 69.3 Å². The number of hydrogen-bond donors (Lipinski definition) is 0. The largest absolute Gasteiger partial charge is 0.491 e. The van der Waals surface area contributed by atoms with Gasteiger partial charge in [-0.15, -0.1) is 0 Å². The predicted octanol–water partition coefficient (Wildman–Crippen LogP) is 5.88. The summed E-state index contributed by atoms with van der Waals surface area (Å²) in [6.07, 6.45) is 1.67. The highest BCUT2D eigenvalue weighted by Gasteiger charge is 2.33. The number of nitriles is 2. The van der Waals surface area contributed by atoms with Gasteiger partial charge in [0.15, 0.2) is 11.5 Å². The molecule has 0 unspecified atom stereocenters. The van der Waals surface area contributed by atoms with Crippen molar-refractivity contribution in [2.24, 2.45) is 0 Å². The van der Waals surface area contributed by atoms with Crippen molar-refractivity contribution in [1.82, 2.24) is 9.80 Å². The Kier molecular flexibility index (Phi) is 11.0. The fourth-order valence-electron chi connectivity index (χ4n) is 4.62. The van der Waals surface area contributed by atoms with Gasteiger partial charge < -0.3 is 24.2 Å². The highest BCUT2D eigenvalue weighted by atomic mass is 32.2. The van der Waals surface area contributed by atoms with E-state index in [2.05, 4.69) is 66.7 Å². The van der Waals surface area contributed by atoms with Gasteiger partial charge in [0.2, 0.25) is 0 Å². The first kappa shape index (κ1) is 28.7. The molecule has 8 heteroatoms. The molecular formula is C29H39N5O2S. The van der Waals surface area contributed by atoms with E-state index in [0.29, 0.717) is 24.7 Å². The Balaban J connectivity index is 1.99. The normalized spacial score (nSPS) is 12.2. The van der Waals surface area contributed by atoms with E-state index in [4.69, 9.17) is 9.47 Å². The maximum atomic E-state index is 10.2. The van der Waals surface area contributed by atoms with Crippen LogP contribution < -0.4 is 14.4 Å². The van der Waals surface area contributed by atoms with Crippen molar-refractivity contribution in [2.75, 3.05) is 64.4 Å². The number of benzene rings is 2. The van der Waals surface area contributed by atoms with Gasteiger partial charge in [0.1, 0.15) is 29.0 Å². The van der Waals surface area contributed by atoms with E-state index < -0.39 is 0 Å². The summed E-state index contributed by atoms with van der Waals surface area (Å²) in [6, 6.07) is 12.7. The van der Waals surface area contributed by atoms with Crippen molar-refractivity contribution in [3.63, 3.8) is 0 Å². The zero-order valence-electron chi connectivity index (χ0n) is 22.8. The Labute approximate surface area is 226 Å². The molecule has 1 aliphatic rings. The van der Waals surface area contributed by atoms with E-state index in [0.717, 1.165) is 73.3 Å². The Morgan fingerprint density at radius 2 is 1.32 bits per heavy atom. The maximum Gasteiger partial charge on any atom is 0.163 e. The third-order valence-corrected chi connectivity index (χ3v) is 8.01. The van der Waals surface area contributed by atoms with Crippen molar-refractivity contribution in [3.8, 4) is 23.6 Å². The number of nitrogens with zero attached hydrogens (tertiary/aromatic N) is 5.